The number of rotatable bonds is 1. The molecular formula is CHAsF2O. The van der Waals surface area contributed by atoms with Gasteiger partial charge in [0.15, 0.2) is 0 Å². The number of alkyl halides is 2. The zero-order valence-electron chi connectivity index (χ0n) is 2.19. The van der Waals surface area contributed by atoms with Gasteiger partial charge < -0.3 is 0 Å². The molecule has 30 valence electrons. The van der Waals surface area contributed by atoms with Crippen molar-refractivity contribution in [1.29, 1.82) is 0 Å². The number of hydrogen-bond donors (Lipinski definition) is 0. The summed E-state index contributed by atoms with van der Waals surface area (Å²) in [5, 5.41) is 0. The minimum atomic E-state index is -2.64. The van der Waals surface area contributed by atoms with E-state index in [0.29, 0.717) is 0 Å². The molecule has 0 aliphatic rings. The zero-order valence-corrected chi connectivity index (χ0v) is 4.07. The second-order valence-electron chi connectivity index (χ2n) is 0.366. The fourth-order valence-corrected chi connectivity index (χ4v) is 0. The molecule has 0 aliphatic heterocycles. The molecule has 0 amide bonds. The predicted molar refractivity (Wildman–Crippen MR) is 12.8 cm³/mol. The van der Waals surface area contributed by atoms with Crippen molar-refractivity contribution in [3.05, 3.63) is 0 Å². The van der Waals surface area contributed by atoms with Crippen LogP contribution in [0.15, 0.2) is 0 Å². The topological polar surface area (TPSA) is 9.23 Å². The summed E-state index contributed by atoms with van der Waals surface area (Å²) >= 11 is 1.32. The molecule has 0 rings (SSSR count). The Morgan fingerprint density at radius 3 is 1.80 bits per heavy atom. The Kier molecular flexibility index (Phi) is 2.80. The van der Waals surface area contributed by atoms with Crippen LogP contribution in [-0.2, 0) is 3.73 Å². The molecule has 0 bridgehead atoms. The average Bonchev–Trinajstić information content (AvgIpc) is 1.38. The second kappa shape index (κ2) is 2.61. The SMILES string of the molecule is FC(F)O[As]. The fourth-order valence-electron chi connectivity index (χ4n) is 0. The van der Waals surface area contributed by atoms with Crippen LogP contribution in [0.1, 0.15) is 0 Å². The van der Waals surface area contributed by atoms with Gasteiger partial charge in [-0.2, -0.15) is 0 Å². The molecule has 2 radical (unpaired) electrons. The van der Waals surface area contributed by atoms with Crippen LogP contribution in [0.2, 0.25) is 0 Å². The van der Waals surface area contributed by atoms with E-state index >= 15 is 0 Å². The van der Waals surface area contributed by atoms with Crippen molar-refractivity contribution in [3.63, 3.8) is 0 Å². The Balaban J connectivity index is 2.54. The molecule has 0 saturated carbocycles. The standard InChI is InChI=1S/CHAsF2O/c2-5-1(3)4/h1H. The van der Waals surface area contributed by atoms with E-state index in [9.17, 15) is 8.78 Å². The Hall–Kier alpha value is 0.378. The van der Waals surface area contributed by atoms with Crippen LogP contribution in [-0.4, -0.2) is 23.8 Å². The normalized spacial score (nSPS) is 9.60. The van der Waals surface area contributed by atoms with E-state index in [1.807, 2.05) is 0 Å². The van der Waals surface area contributed by atoms with Gasteiger partial charge in [-0.15, -0.1) is 0 Å². The first-order chi connectivity index (χ1) is 2.27. The first kappa shape index (κ1) is 5.38. The molecule has 0 spiro atoms. The van der Waals surface area contributed by atoms with Gasteiger partial charge in [-0.3, -0.25) is 0 Å². The van der Waals surface area contributed by atoms with E-state index in [4.69, 9.17) is 0 Å². The molecule has 0 atom stereocenters. The van der Waals surface area contributed by atoms with Gasteiger partial charge >= 0.3 is 36.3 Å². The van der Waals surface area contributed by atoms with Gasteiger partial charge in [-0.25, -0.2) is 0 Å². The second-order valence-corrected chi connectivity index (χ2v) is 0.808. The average molecular weight is 142 g/mol. The molecule has 0 saturated heterocycles. The van der Waals surface area contributed by atoms with E-state index in [2.05, 4.69) is 3.73 Å². The molecule has 0 aromatic heterocycles. The molecule has 0 heterocycles. The minimum absolute atomic E-state index is 1.32. The van der Waals surface area contributed by atoms with Crippen molar-refractivity contribution in [2.24, 2.45) is 0 Å². The molecule has 1 nitrogen and oxygen atoms in total. The third-order valence-electron chi connectivity index (χ3n) is 0.0797. The van der Waals surface area contributed by atoms with Crippen LogP contribution in [0.3, 0.4) is 0 Å². The molecule has 5 heavy (non-hydrogen) atoms. The summed E-state index contributed by atoms with van der Waals surface area (Å²) in [6, 6.07) is 0. The Morgan fingerprint density at radius 2 is 1.80 bits per heavy atom. The third kappa shape index (κ3) is 4.38. The van der Waals surface area contributed by atoms with E-state index in [0.717, 1.165) is 0 Å². The first-order valence-corrected chi connectivity index (χ1v) is 1.62. The van der Waals surface area contributed by atoms with Gasteiger partial charge in [-0.05, 0) is 0 Å². The van der Waals surface area contributed by atoms with Crippen LogP contribution in [0, 0.1) is 0 Å². The van der Waals surface area contributed by atoms with Crippen LogP contribution < -0.4 is 0 Å². The van der Waals surface area contributed by atoms with Crippen molar-refractivity contribution >= 4 is 17.2 Å². The molecule has 0 aromatic rings. The Labute approximate surface area is 37.2 Å². The van der Waals surface area contributed by atoms with Crippen molar-refractivity contribution in [2.45, 2.75) is 6.61 Å². The van der Waals surface area contributed by atoms with Gasteiger partial charge in [0.2, 0.25) is 0 Å². The molecular weight excluding hydrogens is 141 g/mol. The van der Waals surface area contributed by atoms with Crippen molar-refractivity contribution in [2.75, 3.05) is 0 Å². The summed E-state index contributed by atoms with van der Waals surface area (Å²) in [6.45, 7) is -2.64. The van der Waals surface area contributed by atoms with Crippen molar-refractivity contribution in [1.82, 2.24) is 0 Å². The fraction of sp³-hybridized carbons (Fsp3) is 1.00. The molecule has 4 heteroatoms. The van der Waals surface area contributed by atoms with Crippen LogP contribution in [0.4, 0.5) is 8.78 Å². The quantitative estimate of drug-likeness (QED) is 0.478. The monoisotopic (exact) mass is 142 g/mol. The van der Waals surface area contributed by atoms with Gasteiger partial charge in [-0.1, -0.05) is 0 Å². The summed E-state index contributed by atoms with van der Waals surface area (Å²) in [7, 11) is 0. The molecule has 0 aromatic carbocycles. The Morgan fingerprint density at radius 1 is 1.60 bits per heavy atom. The van der Waals surface area contributed by atoms with Crippen LogP contribution in [0.25, 0.3) is 0 Å². The Bertz CT molecular complexity index is 23.6. The van der Waals surface area contributed by atoms with Gasteiger partial charge in [0.05, 0.1) is 0 Å². The molecule has 0 N–H and O–H groups in total. The van der Waals surface area contributed by atoms with Gasteiger partial charge in [0, 0.05) is 0 Å². The predicted octanol–water partition coefficient (Wildman–Crippen LogP) is 0.309. The van der Waals surface area contributed by atoms with E-state index in [-0.39, 0.29) is 0 Å². The van der Waals surface area contributed by atoms with Crippen LogP contribution in [0.5, 0.6) is 0 Å². The van der Waals surface area contributed by atoms with Crippen molar-refractivity contribution < 1.29 is 12.5 Å². The van der Waals surface area contributed by atoms with Gasteiger partial charge in [0.1, 0.15) is 0 Å². The summed E-state index contributed by atoms with van der Waals surface area (Å²) in [5.74, 6) is 0. The van der Waals surface area contributed by atoms with Crippen molar-refractivity contribution in [3.8, 4) is 0 Å². The van der Waals surface area contributed by atoms with Gasteiger partial charge in [0.25, 0.3) is 0 Å². The maximum atomic E-state index is 10.5. The molecule has 0 fully saturated rings. The van der Waals surface area contributed by atoms with E-state index < -0.39 is 6.61 Å². The summed E-state index contributed by atoms with van der Waals surface area (Å²) in [4.78, 5) is 0. The molecule has 0 unspecified atom stereocenters. The van der Waals surface area contributed by atoms with E-state index in [1.165, 1.54) is 17.2 Å². The number of hydrogen-bond acceptors (Lipinski definition) is 1. The summed E-state index contributed by atoms with van der Waals surface area (Å²) in [6.07, 6.45) is 0. The maximum absolute atomic E-state index is 10.5. The first-order valence-electron chi connectivity index (χ1n) is 0.855. The number of halogens is 2. The third-order valence-corrected chi connectivity index (χ3v) is 0.414. The summed E-state index contributed by atoms with van der Waals surface area (Å²) < 4.78 is 24.4. The van der Waals surface area contributed by atoms with Crippen LogP contribution >= 0.6 is 0 Å². The zero-order chi connectivity index (χ0) is 4.28. The molecule has 0 aliphatic carbocycles. The summed E-state index contributed by atoms with van der Waals surface area (Å²) in [5.41, 5.74) is 0. The van der Waals surface area contributed by atoms with E-state index in [1.54, 1.807) is 0 Å².